The van der Waals surface area contributed by atoms with Crippen LogP contribution in [0, 0.1) is 5.41 Å². The lowest BCUT2D eigenvalue weighted by atomic mass is 9.86. The minimum absolute atomic E-state index is 0.333. The van der Waals surface area contributed by atoms with Crippen molar-refractivity contribution in [2.75, 3.05) is 0 Å². The summed E-state index contributed by atoms with van der Waals surface area (Å²) in [5.74, 6) is 0.475. The van der Waals surface area contributed by atoms with E-state index >= 15 is 0 Å². The fourth-order valence-corrected chi connectivity index (χ4v) is 4.54. The Bertz CT molecular complexity index is 800. The summed E-state index contributed by atoms with van der Waals surface area (Å²) in [6.07, 6.45) is 3.59. The summed E-state index contributed by atoms with van der Waals surface area (Å²) >= 11 is 0. The van der Waals surface area contributed by atoms with Crippen molar-refractivity contribution in [3.05, 3.63) is 82.5 Å². The van der Waals surface area contributed by atoms with Gasteiger partial charge < -0.3 is 0 Å². The topological polar surface area (TPSA) is 0 Å². The molecule has 0 bridgehead atoms. The summed E-state index contributed by atoms with van der Waals surface area (Å²) in [5, 5.41) is 0. The van der Waals surface area contributed by atoms with Gasteiger partial charge in [-0.1, -0.05) is 74.0 Å². The summed E-state index contributed by atoms with van der Waals surface area (Å²) < 4.78 is 0. The summed E-state index contributed by atoms with van der Waals surface area (Å²) in [6, 6.07) is 17.9. The molecule has 21 heavy (non-hydrogen) atoms. The van der Waals surface area contributed by atoms with E-state index < -0.39 is 0 Å². The Labute approximate surface area is 125 Å². The maximum absolute atomic E-state index is 2.45. The van der Waals surface area contributed by atoms with Gasteiger partial charge >= 0.3 is 0 Å². The first-order valence-corrected chi connectivity index (χ1v) is 7.82. The molecular weight excluding hydrogens is 252 g/mol. The van der Waals surface area contributed by atoms with E-state index in [1.807, 2.05) is 0 Å². The molecule has 3 aliphatic carbocycles. The molecule has 1 fully saturated rings. The van der Waals surface area contributed by atoms with E-state index in [1.165, 1.54) is 22.3 Å². The van der Waals surface area contributed by atoms with Crippen molar-refractivity contribution in [1.82, 2.24) is 0 Å². The highest BCUT2D eigenvalue weighted by molar-refractivity contribution is 5.82. The lowest BCUT2D eigenvalue weighted by molar-refractivity contribution is 0.715. The van der Waals surface area contributed by atoms with Crippen LogP contribution in [-0.2, 0) is 0 Å². The lowest BCUT2D eigenvalue weighted by Gasteiger charge is -2.17. The second-order valence-electron chi connectivity index (χ2n) is 6.95. The number of fused-ring (bicyclic) bond motifs is 4. The van der Waals surface area contributed by atoms with Crippen molar-refractivity contribution in [3.8, 4) is 11.1 Å². The monoisotopic (exact) mass is 270 g/mol. The van der Waals surface area contributed by atoms with Gasteiger partial charge in [0.2, 0.25) is 0 Å². The molecule has 2 aromatic carbocycles. The predicted molar refractivity (Wildman–Crippen MR) is 87.2 cm³/mol. The first-order valence-electron chi connectivity index (χ1n) is 7.82. The predicted octanol–water partition coefficient (Wildman–Crippen LogP) is 5.47. The first kappa shape index (κ1) is 11.6. The molecule has 0 spiro atoms. The maximum atomic E-state index is 2.45. The summed E-state index contributed by atoms with van der Waals surface area (Å²) in [6.45, 7) is 4.72. The Morgan fingerprint density at radius 1 is 0.857 bits per heavy atom. The van der Waals surface area contributed by atoms with Crippen LogP contribution in [0.2, 0.25) is 0 Å². The van der Waals surface area contributed by atoms with Gasteiger partial charge in [-0.15, -0.1) is 0 Å². The quantitative estimate of drug-likeness (QED) is 0.645. The van der Waals surface area contributed by atoms with E-state index in [0.717, 1.165) is 6.42 Å². The van der Waals surface area contributed by atoms with Gasteiger partial charge in [0.1, 0.15) is 0 Å². The fourth-order valence-electron chi connectivity index (χ4n) is 4.54. The normalized spacial score (nSPS) is 21.0. The summed E-state index contributed by atoms with van der Waals surface area (Å²) in [5.41, 5.74) is 11.1. The van der Waals surface area contributed by atoms with E-state index in [0.29, 0.717) is 11.3 Å². The molecule has 0 N–H and O–H groups in total. The molecule has 0 atom stereocenters. The van der Waals surface area contributed by atoms with Gasteiger partial charge in [0.25, 0.3) is 0 Å². The van der Waals surface area contributed by atoms with Crippen LogP contribution < -0.4 is 0 Å². The lowest BCUT2D eigenvalue weighted by Crippen LogP contribution is -2.02. The molecule has 1 saturated carbocycles. The van der Waals surface area contributed by atoms with Crippen molar-refractivity contribution in [2.45, 2.75) is 26.2 Å². The number of rotatable bonds is 1. The van der Waals surface area contributed by atoms with Crippen LogP contribution in [0.3, 0.4) is 0 Å². The van der Waals surface area contributed by atoms with E-state index in [1.54, 1.807) is 16.7 Å². The van der Waals surface area contributed by atoms with Crippen LogP contribution in [0.25, 0.3) is 11.1 Å². The van der Waals surface area contributed by atoms with Gasteiger partial charge in [-0.2, -0.15) is 0 Å². The van der Waals surface area contributed by atoms with Gasteiger partial charge in [-0.3, -0.25) is 0 Å². The number of hydrogen-bond acceptors (Lipinski definition) is 0. The maximum Gasteiger partial charge on any atom is 0.0320 e. The molecule has 0 unspecified atom stereocenters. The summed E-state index contributed by atoms with van der Waals surface area (Å²) in [4.78, 5) is 0. The largest absolute Gasteiger partial charge is 0.0760 e. The Balaban J connectivity index is 1.77. The molecular formula is C21H18. The average molecular weight is 270 g/mol. The smallest absolute Gasteiger partial charge is 0.0320 e. The minimum atomic E-state index is 0.333. The van der Waals surface area contributed by atoms with Crippen molar-refractivity contribution < 1.29 is 0 Å². The van der Waals surface area contributed by atoms with Gasteiger partial charge in [0.15, 0.2) is 0 Å². The SMILES string of the molecule is CC1(C)C2=CCC(C3c4ccccc4-c4ccccc43)=C21. The molecule has 0 amide bonds. The molecule has 0 saturated heterocycles. The first-order chi connectivity index (χ1) is 10.2. The fraction of sp³-hybridized carbons (Fsp3) is 0.238. The Morgan fingerprint density at radius 3 is 1.95 bits per heavy atom. The second-order valence-corrected chi connectivity index (χ2v) is 6.95. The van der Waals surface area contributed by atoms with Crippen LogP contribution in [0.5, 0.6) is 0 Å². The van der Waals surface area contributed by atoms with Gasteiger partial charge in [0, 0.05) is 11.3 Å². The Kier molecular flexibility index (Phi) is 1.96. The zero-order valence-electron chi connectivity index (χ0n) is 12.5. The zero-order valence-corrected chi connectivity index (χ0v) is 12.5. The standard InChI is InChI=1S/C21H18/c1-21(2)18-12-11-17(20(18)21)19-15-9-5-3-7-13(15)14-8-4-6-10-16(14)19/h3-10,12,19H,11H2,1-2H3. The van der Waals surface area contributed by atoms with E-state index in [-0.39, 0.29) is 0 Å². The number of hydrogen-bond donors (Lipinski definition) is 0. The Morgan fingerprint density at radius 2 is 1.43 bits per heavy atom. The third-order valence-electron chi connectivity index (χ3n) is 5.53. The molecule has 5 rings (SSSR count). The van der Waals surface area contributed by atoms with Crippen LogP contribution in [0.15, 0.2) is 71.3 Å². The third kappa shape index (κ3) is 1.31. The molecule has 2 aromatic rings. The van der Waals surface area contributed by atoms with Gasteiger partial charge in [0.05, 0.1) is 0 Å². The van der Waals surface area contributed by atoms with Crippen molar-refractivity contribution in [1.29, 1.82) is 0 Å². The minimum Gasteiger partial charge on any atom is -0.0760 e. The Hall–Kier alpha value is -2.08. The molecule has 0 nitrogen and oxygen atoms in total. The second kappa shape index (κ2) is 3.57. The molecule has 0 aromatic heterocycles. The average Bonchev–Trinajstić information content (AvgIpc) is 2.87. The molecule has 102 valence electrons. The van der Waals surface area contributed by atoms with Crippen LogP contribution in [-0.4, -0.2) is 0 Å². The molecule has 0 aliphatic heterocycles. The van der Waals surface area contributed by atoms with Gasteiger partial charge in [-0.25, -0.2) is 0 Å². The highest BCUT2D eigenvalue weighted by atomic mass is 14.6. The number of benzene rings is 2. The summed E-state index contributed by atoms with van der Waals surface area (Å²) in [7, 11) is 0. The highest BCUT2D eigenvalue weighted by Gasteiger charge is 2.52. The van der Waals surface area contributed by atoms with E-state index in [4.69, 9.17) is 0 Å². The van der Waals surface area contributed by atoms with Crippen molar-refractivity contribution >= 4 is 0 Å². The van der Waals surface area contributed by atoms with Crippen molar-refractivity contribution in [3.63, 3.8) is 0 Å². The zero-order chi connectivity index (χ0) is 14.2. The third-order valence-corrected chi connectivity index (χ3v) is 5.53. The molecule has 0 radical (unpaired) electrons. The molecule has 0 heteroatoms. The molecule has 3 aliphatic rings. The number of allylic oxidation sites excluding steroid dienone is 4. The van der Waals surface area contributed by atoms with Crippen LogP contribution >= 0.6 is 0 Å². The highest BCUT2D eigenvalue weighted by Crippen LogP contribution is 2.66. The van der Waals surface area contributed by atoms with Crippen molar-refractivity contribution in [2.24, 2.45) is 5.41 Å². The molecule has 0 heterocycles. The van der Waals surface area contributed by atoms with Crippen LogP contribution in [0.4, 0.5) is 0 Å². The van der Waals surface area contributed by atoms with Gasteiger partial charge in [-0.05, 0) is 39.8 Å². The van der Waals surface area contributed by atoms with E-state index in [9.17, 15) is 0 Å². The van der Waals surface area contributed by atoms with E-state index in [2.05, 4.69) is 68.5 Å². The van der Waals surface area contributed by atoms with Crippen LogP contribution in [0.1, 0.15) is 37.3 Å².